The van der Waals surface area contributed by atoms with Crippen LogP contribution in [0.25, 0.3) is 0 Å². The third-order valence-electron chi connectivity index (χ3n) is 4.27. The molecule has 1 fully saturated rings. The van der Waals surface area contributed by atoms with E-state index in [4.69, 9.17) is 0 Å². The minimum absolute atomic E-state index is 0.209. The molecule has 0 saturated carbocycles. The number of hydrogen-bond acceptors (Lipinski definition) is 2. The van der Waals surface area contributed by atoms with E-state index in [2.05, 4.69) is 41.3 Å². The van der Waals surface area contributed by atoms with Crippen LogP contribution in [0.4, 0.5) is 4.39 Å². The van der Waals surface area contributed by atoms with Gasteiger partial charge in [-0.25, -0.2) is 4.39 Å². The molecule has 0 amide bonds. The van der Waals surface area contributed by atoms with Gasteiger partial charge < -0.3 is 10.6 Å². The zero-order valence-electron chi connectivity index (χ0n) is 13.9. The summed E-state index contributed by atoms with van der Waals surface area (Å²) in [7, 11) is 1.76. The standard InChI is InChI=1S/C17H27FN4/c1-12(2)22-10-13(3)16(11-22)21-17(19-4)20-9-14-6-5-7-15(18)8-14/h5-8,12-13,16H,9-11H2,1-4H3,(H2,19,20,21). The maximum atomic E-state index is 13.2. The summed E-state index contributed by atoms with van der Waals surface area (Å²) in [5.74, 6) is 1.14. The van der Waals surface area contributed by atoms with E-state index in [-0.39, 0.29) is 5.82 Å². The molecule has 1 aromatic rings. The van der Waals surface area contributed by atoms with Gasteiger partial charge in [0.25, 0.3) is 0 Å². The van der Waals surface area contributed by atoms with Crippen molar-refractivity contribution in [1.29, 1.82) is 0 Å². The molecule has 0 spiro atoms. The third kappa shape index (κ3) is 4.44. The van der Waals surface area contributed by atoms with Crippen LogP contribution in [0.5, 0.6) is 0 Å². The van der Waals surface area contributed by atoms with Crippen molar-refractivity contribution in [3.63, 3.8) is 0 Å². The van der Waals surface area contributed by atoms with Crippen LogP contribution in [-0.2, 0) is 6.54 Å². The van der Waals surface area contributed by atoms with Crippen LogP contribution in [0.1, 0.15) is 26.3 Å². The van der Waals surface area contributed by atoms with E-state index in [1.54, 1.807) is 19.2 Å². The van der Waals surface area contributed by atoms with E-state index >= 15 is 0 Å². The molecule has 1 aliphatic heterocycles. The van der Waals surface area contributed by atoms with Crippen LogP contribution in [0, 0.1) is 11.7 Å². The zero-order chi connectivity index (χ0) is 16.1. The first-order chi connectivity index (χ1) is 10.5. The summed E-state index contributed by atoms with van der Waals surface area (Å²) < 4.78 is 13.2. The number of hydrogen-bond donors (Lipinski definition) is 2. The molecule has 2 unspecified atom stereocenters. The molecule has 1 heterocycles. The fraction of sp³-hybridized carbons (Fsp3) is 0.588. The van der Waals surface area contributed by atoms with Gasteiger partial charge in [-0.05, 0) is 37.5 Å². The Kier molecular flexibility index (Phi) is 5.77. The van der Waals surface area contributed by atoms with Gasteiger partial charge in [-0.1, -0.05) is 19.1 Å². The number of aliphatic imine (C=N–C) groups is 1. The highest BCUT2D eigenvalue weighted by molar-refractivity contribution is 5.80. The van der Waals surface area contributed by atoms with E-state index in [9.17, 15) is 4.39 Å². The maximum absolute atomic E-state index is 13.2. The predicted molar refractivity (Wildman–Crippen MR) is 89.4 cm³/mol. The second-order valence-corrected chi connectivity index (χ2v) is 6.33. The number of likely N-dealkylation sites (tertiary alicyclic amines) is 1. The average molecular weight is 306 g/mol. The second-order valence-electron chi connectivity index (χ2n) is 6.33. The van der Waals surface area contributed by atoms with Gasteiger partial charge in [0.15, 0.2) is 5.96 Å². The number of rotatable bonds is 4. The van der Waals surface area contributed by atoms with Gasteiger partial charge in [-0.2, -0.15) is 0 Å². The van der Waals surface area contributed by atoms with Crippen LogP contribution in [0.15, 0.2) is 29.3 Å². The average Bonchev–Trinajstić information content (AvgIpc) is 2.85. The van der Waals surface area contributed by atoms with Crippen molar-refractivity contribution in [3.8, 4) is 0 Å². The van der Waals surface area contributed by atoms with E-state index in [1.165, 1.54) is 6.07 Å². The molecule has 5 heteroatoms. The summed E-state index contributed by atoms with van der Waals surface area (Å²) in [4.78, 5) is 6.75. The molecule has 0 radical (unpaired) electrons. The van der Waals surface area contributed by atoms with Gasteiger partial charge in [-0.3, -0.25) is 9.89 Å². The summed E-state index contributed by atoms with van der Waals surface area (Å²) in [6.45, 7) is 9.42. The highest BCUT2D eigenvalue weighted by atomic mass is 19.1. The van der Waals surface area contributed by atoms with Gasteiger partial charge in [0.05, 0.1) is 0 Å². The summed E-state index contributed by atoms with van der Waals surface area (Å²) in [6.07, 6.45) is 0. The fourth-order valence-electron chi connectivity index (χ4n) is 2.82. The third-order valence-corrected chi connectivity index (χ3v) is 4.27. The lowest BCUT2D eigenvalue weighted by molar-refractivity contribution is 0.265. The van der Waals surface area contributed by atoms with E-state index in [1.807, 2.05) is 6.07 Å². The molecule has 1 aliphatic rings. The molecule has 1 saturated heterocycles. The van der Waals surface area contributed by atoms with Gasteiger partial charge in [0.1, 0.15) is 5.82 Å². The van der Waals surface area contributed by atoms with Crippen LogP contribution in [0.3, 0.4) is 0 Å². The Morgan fingerprint density at radius 1 is 1.41 bits per heavy atom. The van der Waals surface area contributed by atoms with Crippen molar-refractivity contribution in [2.45, 2.75) is 39.4 Å². The lowest BCUT2D eigenvalue weighted by Crippen LogP contribution is -2.46. The lowest BCUT2D eigenvalue weighted by atomic mass is 10.1. The van der Waals surface area contributed by atoms with Crippen molar-refractivity contribution >= 4 is 5.96 Å². The Balaban J connectivity index is 1.88. The van der Waals surface area contributed by atoms with Gasteiger partial charge >= 0.3 is 0 Å². The van der Waals surface area contributed by atoms with Crippen molar-refractivity contribution in [3.05, 3.63) is 35.6 Å². The van der Waals surface area contributed by atoms with E-state index in [0.717, 1.165) is 24.6 Å². The maximum Gasteiger partial charge on any atom is 0.191 e. The number of benzene rings is 1. The quantitative estimate of drug-likeness (QED) is 0.662. The Morgan fingerprint density at radius 2 is 2.18 bits per heavy atom. The molecule has 122 valence electrons. The molecule has 2 rings (SSSR count). The normalized spacial score (nSPS) is 23.1. The van der Waals surface area contributed by atoms with Crippen LogP contribution in [0.2, 0.25) is 0 Å². The molecule has 2 N–H and O–H groups in total. The minimum atomic E-state index is -0.209. The summed E-state index contributed by atoms with van der Waals surface area (Å²) in [5.41, 5.74) is 0.909. The van der Waals surface area contributed by atoms with E-state index in [0.29, 0.717) is 24.5 Å². The highest BCUT2D eigenvalue weighted by Crippen LogP contribution is 2.18. The van der Waals surface area contributed by atoms with Crippen LogP contribution >= 0.6 is 0 Å². The topological polar surface area (TPSA) is 39.7 Å². The lowest BCUT2D eigenvalue weighted by Gasteiger charge is -2.22. The number of halogens is 1. The molecule has 4 nitrogen and oxygen atoms in total. The van der Waals surface area contributed by atoms with E-state index < -0.39 is 0 Å². The predicted octanol–water partition coefficient (Wildman–Crippen LogP) is 2.22. The molecule has 0 bridgehead atoms. The van der Waals surface area contributed by atoms with Crippen LogP contribution < -0.4 is 10.6 Å². The highest BCUT2D eigenvalue weighted by Gasteiger charge is 2.31. The largest absolute Gasteiger partial charge is 0.352 e. The molecule has 22 heavy (non-hydrogen) atoms. The van der Waals surface area contributed by atoms with Crippen molar-refractivity contribution in [1.82, 2.24) is 15.5 Å². The summed E-state index contributed by atoms with van der Waals surface area (Å²) in [5, 5.41) is 6.75. The minimum Gasteiger partial charge on any atom is -0.352 e. The first-order valence-corrected chi connectivity index (χ1v) is 7.95. The molecule has 1 aromatic carbocycles. The Hall–Kier alpha value is -1.62. The second kappa shape index (κ2) is 7.58. The Bertz CT molecular complexity index is 515. The SMILES string of the molecule is CN=C(NCc1cccc(F)c1)NC1CN(C(C)C)CC1C. The number of nitrogens with one attached hydrogen (secondary N) is 2. The summed E-state index contributed by atoms with van der Waals surface area (Å²) in [6, 6.07) is 7.58. The molecular weight excluding hydrogens is 279 g/mol. The van der Waals surface area contributed by atoms with Crippen molar-refractivity contribution in [2.24, 2.45) is 10.9 Å². The smallest absolute Gasteiger partial charge is 0.191 e. The molecular formula is C17H27FN4. The zero-order valence-corrected chi connectivity index (χ0v) is 13.9. The number of nitrogens with zero attached hydrogens (tertiary/aromatic N) is 2. The molecule has 0 aliphatic carbocycles. The molecule has 2 atom stereocenters. The fourth-order valence-corrected chi connectivity index (χ4v) is 2.82. The first kappa shape index (κ1) is 16.7. The van der Waals surface area contributed by atoms with Crippen molar-refractivity contribution < 1.29 is 4.39 Å². The van der Waals surface area contributed by atoms with Gasteiger partial charge in [0, 0.05) is 38.8 Å². The number of guanidine groups is 1. The van der Waals surface area contributed by atoms with Crippen molar-refractivity contribution in [2.75, 3.05) is 20.1 Å². The Labute approximate surface area is 132 Å². The monoisotopic (exact) mass is 306 g/mol. The van der Waals surface area contributed by atoms with Gasteiger partial charge in [0.2, 0.25) is 0 Å². The molecule has 0 aromatic heterocycles. The summed E-state index contributed by atoms with van der Waals surface area (Å²) >= 11 is 0. The van der Waals surface area contributed by atoms with Crippen LogP contribution in [-0.4, -0.2) is 43.1 Å². The first-order valence-electron chi connectivity index (χ1n) is 7.95. The van der Waals surface area contributed by atoms with Gasteiger partial charge in [-0.15, -0.1) is 0 Å². The Morgan fingerprint density at radius 3 is 2.77 bits per heavy atom.